The van der Waals surface area contributed by atoms with Gasteiger partial charge in [-0.05, 0) is 61.6 Å². The van der Waals surface area contributed by atoms with E-state index in [1.54, 1.807) is 4.90 Å². The summed E-state index contributed by atoms with van der Waals surface area (Å²) >= 11 is 6.68. The molecule has 5 rings (SSSR count). The molecule has 6 nitrogen and oxygen atoms in total. The second kappa shape index (κ2) is 9.15. The van der Waals surface area contributed by atoms with Gasteiger partial charge >= 0.3 is 6.18 Å². The summed E-state index contributed by atoms with van der Waals surface area (Å²) in [5.41, 5.74) is 1.15. The fraction of sp³-hybridized carbons (Fsp3) is 0.560. The van der Waals surface area contributed by atoms with Gasteiger partial charge in [0.05, 0.1) is 11.7 Å². The van der Waals surface area contributed by atoms with Crippen LogP contribution in [0.3, 0.4) is 0 Å². The van der Waals surface area contributed by atoms with E-state index in [0.29, 0.717) is 36.6 Å². The number of amides is 2. The van der Waals surface area contributed by atoms with Crippen LogP contribution in [-0.4, -0.2) is 39.6 Å². The Hall–Kier alpha value is -2.55. The molecule has 0 bridgehead atoms. The van der Waals surface area contributed by atoms with Gasteiger partial charge in [0.15, 0.2) is 0 Å². The van der Waals surface area contributed by atoms with E-state index >= 15 is 0 Å². The zero-order chi connectivity index (χ0) is 24.9. The summed E-state index contributed by atoms with van der Waals surface area (Å²) in [5.74, 6) is -0.337. The molecule has 3 atom stereocenters. The van der Waals surface area contributed by atoms with Crippen LogP contribution in [0.2, 0.25) is 5.02 Å². The maximum absolute atomic E-state index is 13.7. The van der Waals surface area contributed by atoms with Crippen LogP contribution in [0.15, 0.2) is 24.3 Å². The Morgan fingerprint density at radius 3 is 2.69 bits per heavy atom. The summed E-state index contributed by atoms with van der Waals surface area (Å²) < 4.78 is 41.9. The summed E-state index contributed by atoms with van der Waals surface area (Å²) in [4.78, 5) is 27.3. The van der Waals surface area contributed by atoms with Crippen molar-refractivity contribution in [3.8, 4) is 0 Å². The van der Waals surface area contributed by atoms with E-state index in [1.165, 1.54) is 0 Å². The maximum atomic E-state index is 13.7. The van der Waals surface area contributed by atoms with E-state index in [0.717, 1.165) is 41.1 Å². The van der Waals surface area contributed by atoms with Crippen molar-refractivity contribution in [1.82, 2.24) is 20.0 Å². The predicted octanol–water partition coefficient (Wildman–Crippen LogP) is 4.86. The van der Waals surface area contributed by atoms with Gasteiger partial charge in [0.25, 0.3) is 0 Å². The quantitative estimate of drug-likeness (QED) is 0.627. The molecule has 10 heteroatoms. The van der Waals surface area contributed by atoms with Crippen LogP contribution < -0.4 is 5.32 Å². The van der Waals surface area contributed by atoms with Crippen molar-refractivity contribution < 1.29 is 22.8 Å². The largest absolute Gasteiger partial charge is 0.433 e. The zero-order valence-corrected chi connectivity index (χ0v) is 20.2. The number of halogens is 4. The lowest BCUT2D eigenvalue weighted by Gasteiger charge is -2.35. The molecule has 1 aromatic carbocycles. The van der Waals surface area contributed by atoms with Crippen LogP contribution in [0.4, 0.5) is 13.2 Å². The van der Waals surface area contributed by atoms with E-state index in [4.69, 9.17) is 11.6 Å². The summed E-state index contributed by atoms with van der Waals surface area (Å²) in [6.45, 7) is 2.37. The molecule has 1 N–H and O–H groups in total. The van der Waals surface area contributed by atoms with Crippen molar-refractivity contribution in [2.45, 2.75) is 63.7 Å². The van der Waals surface area contributed by atoms with Crippen LogP contribution in [0.1, 0.15) is 66.6 Å². The van der Waals surface area contributed by atoms with Crippen LogP contribution in [-0.2, 0) is 22.3 Å². The minimum Gasteiger partial charge on any atom is -0.356 e. The topological polar surface area (TPSA) is 67.2 Å². The van der Waals surface area contributed by atoms with Gasteiger partial charge in [0, 0.05) is 30.5 Å². The van der Waals surface area contributed by atoms with Crippen molar-refractivity contribution >= 4 is 23.4 Å². The lowest BCUT2D eigenvalue weighted by molar-refractivity contribution is -0.146. The van der Waals surface area contributed by atoms with Gasteiger partial charge in [-0.15, -0.1) is 0 Å². The number of aromatic nitrogens is 2. The second-order valence-electron chi connectivity index (χ2n) is 9.95. The smallest absolute Gasteiger partial charge is 0.356 e. The Morgan fingerprint density at radius 2 is 2.00 bits per heavy atom. The SMILES string of the molecule is Cc1cccc([C@@H]2[C@H](C3CCNC(=O)C3)CCN2C(=O)Cn2nc(C3CC3)cc2C(F)(F)F)c1Cl. The highest BCUT2D eigenvalue weighted by Gasteiger charge is 2.45. The van der Waals surface area contributed by atoms with Crippen molar-refractivity contribution in [3.63, 3.8) is 0 Å². The molecular weight excluding hydrogens is 481 g/mol. The van der Waals surface area contributed by atoms with Gasteiger partial charge in [0.1, 0.15) is 12.2 Å². The Morgan fingerprint density at radius 1 is 1.23 bits per heavy atom. The number of piperidine rings is 1. The first-order chi connectivity index (χ1) is 16.6. The first-order valence-corrected chi connectivity index (χ1v) is 12.5. The molecule has 1 unspecified atom stereocenters. The number of rotatable bonds is 5. The normalized spacial score (nSPS) is 25.1. The Balaban J connectivity index is 1.46. The molecule has 3 fully saturated rings. The first-order valence-electron chi connectivity index (χ1n) is 12.1. The number of nitrogens with zero attached hydrogens (tertiary/aromatic N) is 3. The zero-order valence-electron chi connectivity index (χ0n) is 19.4. The molecular formula is C25H28ClF3N4O2. The number of hydrogen-bond acceptors (Lipinski definition) is 3. The Labute approximate surface area is 206 Å². The molecule has 1 saturated carbocycles. The monoisotopic (exact) mass is 508 g/mol. The number of carbonyl (C=O) groups is 2. The summed E-state index contributed by atoms with van der Waals surface area (Å²) in [5, 5.41) is 7.57. The molecule has 1 aliphatic carbocycles. The number of carbonyl (C=O) groups excluding carboxylic acids is 2. The van der Waals surface area contributed by atoms with Gasteiger partial charge in [0.2, 0.25) is 11.8 Å². The number of likely N-dealkylation sites (tertiary alicyclic amines) is 1. The number of nitrogens with one attached hydrogen (secondary N) is 1. The highest BCUT2D eigenvalue weighted by atomic mass is 35.5. The van der Waals surface area contributed by atoms with Gasteiger partial charge in [-0.2, -0.15) is 18.3 Å². The molecule has 0 spiro atoms. The Kier molecular flexibility index (Phi) is 6.32. The molecule has 35 heavy (non-hydrogen) atoms. The van der Waals surface area contributed by atoms with Crippen LogP contribution >= 0.6 is 11.6 Å². The minimum atomic E-state index is -4.59. The minimum absolute atomic E-state index is 0.00830. The van der Waals surface area contributed by atoms with Crippen molar-refractivity contribution in [2.24, 2.45) is 11.8 Å². The van der Waals surface area contributed by atoms with Gasteiger partial charge in [-0.25, -0.2) is 0 Å². The third-order valence-corrected chi connectivity index (χ3v) is 8.08. The van der Waals surface area contributed by atoms with Crippen molar-refractivity contribution in [2.75, 3.05) is 13.1 Å². The van der Waals surface area contributed by atoms with E-state index in [2.05, 4.69) is 10.4 Å². The van der Waals surface area contributed by atoms with Crippen molar-refractivity contribution in [3.05, 3.63) is 51.8 Å². The maximum Gasteiger partial charge on any atom is 0.433 e. The lowest BCUT2D eigenvalue weighted by Crippen LogP contribution is -2.40. The highest BCUT2D eigenvalue weighted by molar-refractivity contribution is 6.32. The lowest BCUT2D eigenvalue weighted by atomic mass is 9.78. The molecule has 188 valence electrons. The molecule has 2 aliphatic heterocycles. The van der Waals surface area contributed by atoms with Crippen LogP contribution in [0.5, 0.6) is 0 Å². The standard InChI is InChI=1S/C25H28ClF3N4O2/c1-14-3-2-4-18(23(14)26)24-17(16-7-9-30-21(34)11-16)8-10-32(24)22(35)13-33-20(25(27,28)29)12-19(31-33)15-5-6-15/h2-4,12,15-17,24H,5-11,13H2,1H3,(H,30,34)/t16?,17-,24-/m0/s1. The van der Waals surface area contributed by atoms with Gasteiger partial charge in [-0.1, -0.05) is 29.8 Å². The summed E-state index contributed by atoms with van der Waals surface area (Å²) in [6, 6.07) is 6.31. The third kappa shape index (κ3) is 4.79. The molecule has 2 aromatic rings. The number of aryl methyl sites for hydroxylation is 1. The van der Waals surface area contributed by atoms with Crippen molar-refractivity contribution in [1.29, 1.82) is 0 Å². The van der Waals surface area contributed by atoms with E-state index in [1.807, 2.05) is 25.1 Å². The summed E-state index contributed by atoms with van der Waals surface area (Å²) in [7, 11) is 0. The molecule has 0 radical (unpaired) electrons. The average Bonchev–Trinajstić information content (AvgIpc) is 3.40. The fourth-order valence-electron chi connectivity index (χ4n) is 5.64. The highest BCUT2D eigenvalue weighted by Crippen LogP contribution is 2.47. The van der Waals surface area contributed by atoms with E-state index in [-0.39, 0.29) is 23.7 Å². The fourth-order valence-corrected chi connectivity index (χ4v) is 5.88. The van der Waals surface area contributed by atoms with E-state index in [9.17, 15) is 22.8 Å². The molecule has 3 heterocycles. The molecule has 2 saturated heterocycles. The van der Waals surface area contributed by atoms with Gasteiger partial charge in [-0.3, -0.25) is 14.3 Å². The molecule has 1 aromatic heterocycles. The van der Waals surface area contributed by atoms with Crippen LogP contribution in [0, 0.1) is 18.8 Å². The predicted molar refractivity (Wildman–Crippen MR) is 124 cm³/mol. The Bertz CT molecular complexity index is 1140. The van der Waals surface area contributed by atoms with E-state index < -0.39 is 30.4 Å². The third-order valence-electron chi connectivity index (χ3n) is 7.57. The molecule has 3 aliphatic rings. The molecule has 2 amide bonds. The first kappa shape index (κ1) is 24.2. The number of alkyl halides is 3. The average molecular weight is 509 g/mol. The van der Waals surface area contributed by atoms with Gasteiger partial charge < -0.3 is 10.2 Å². The van der Waals surface area contributed by atoms with Crippen LogP contribution in [0.25, 0.3) is 0 Å². The summed E-state index contributed by atoms with van der Waals surface area (Å²) in [6.07, 6.45) is -1.13. The second-order valence-corrected chi connectivity index (χ2v) is 10.3. The number of benzene rings is 1. The number of hydrogen-bond donors (Lipinski definition) is 1.